The van der Waals surface area contributed by atoms with Crippen molar-refractivity contribution in [3.8, 4) is 0 Å². The van der Waals surface area contributed by atoms with Gasteiger partial charge in [-0.05, 0) is 44.9 Å². The monoisotopic (exact) mass is 1320 g/mol. The summed E-state index contributed by atoms with van der Waals surface area (Å²) in [5.74, 6) is -6.15. The molecule has 3 saturated heterocycles. The first-order chi connectivity index (χ1) is 44.4. The van der Waals surface area contributed by atoms with E-state index in [2.05, 4.69) is 36.6 Å². The van der Waals surface area contributed by atoms with Gasteiger partial charge in [0.05, 0.1) is 50.7 Å². The van der Waals surface area contributed by atoms with Crippen molar-refractivity contribution in [3.05, 3.63) is 24.3 Å². The highest BCUT2D eigenvalue weighted by Crippen LogP contribution is 2.39. The van der Waals surface area contributed by atoms with Crippen LogP contribution in [-0.2, 0) is 42.8 Å². The fraction of sp³-hybridized carbons (Fsp3) is 0.899. The molecule has 92 heavy (non-hydrogen) atoms. The number of rotatable bonds is 54. The SMILES string of the molecule is CCCCCCCC/C=C\CCCCCCCCCC(=O)NC(COC1OC(CO)C(OC2OC(CO)C(O)C(OC3(C(=O)O)CC(O)C(NC(C)=O)C(C(O)C(O)CO)O3)C2O)C(O)C1O)C(O)/C=C/CCCCCCCCCCCCCCCCCCCCC. The van der Waals surface area contributed by atoms with Gasteiger partial charge >= 0.3 is 5.97 Å². The summed E-state index contributed by atoms with van der Waals surface area (Å²) in [6.07, 6.45) is 20.7. The second-order valence-electron chi connectivity index (χ2n) is 26.1. The number of hydrogen-bond acceptors (Lipinski definition) is 20. The van der Waals surface area contributed by atoms with E-state index in [1.165, 1.54) is 141 Å². The van der Waals surface area contributed by atoms with Crippen LogP contribution in [0.1, 0.15) is 258 Å². The number of carbonyl (C=O) groups excluding carboxylic acids is 2. The van der Waals surface area contributed by atoms with Crippen molar-refractivity contribution < 1.29 is 104 Å². The summed E-state index contributed by atoms with van der Waals surface area (Å²) in [6, 6.07) is -2.62. The van der Waals surface area contributed by atoms with Crippen LogP contribution in [0.4, 0.5) is 0 Å². The number of ether oxygens (including phenoxy) is 6. The second kappa shape index (κ2) is 49.7. The van der Waals surface area contributed by atoms with Crippen LogP contribution in [0, 0.1) is 0 Å². The quantitative estimate of drug-likeness (QED) is 0.0219. The predicted molar refractivity (Wildman–Crippen MR) is 348 cm³/mol. The highest BCUT2D eigenvalue weighted by molar-refractivity contribution is 5.77. The zero-order chi connectivity index (χ0) is 67.5. The van der Waals surface area contributed by atoms with Gasteiger partial charge in [-0.1, -0.05) is 218 Å². The lowest BCUT2D eigenvalue weighted by atomic mass is 9.88. The molecule has 23 nitrogen and oxygen atoms in total. The molecular weight excluding hydrogens is 1190 g/mol. The van der Waals surface area contributed by atoms with E-state index in [-0.39, 0.29) is 12.3 Å². The van der Waals surface area contributed by atoms with Crippen LogP contribution in [0.15, 0.2) is 24.3 Å². The predicted octanol–water partition coefficient (Wildman–Crippen LogP) is 6.84. The van der Waals surface area contributed by atoms with Crippen LogP contribution >= 0.6 is 0 Å². The lowest BCUT2D eigenvalue weighted by Gasteiger charge is -2.50. The minimum Gasteiger partial charge on any atom is -0.477 e. The smallest absolute Gasteiger partial charge is 0.364 e. The third kappa shape index (κ3) is 31.6. The summed E-state index contributed by atoms with van der Waals surface area (Å²) >= 11 is 0. The molecule has 14 N–H and O–H groups in total. The maximum Gasteiger partial charge on any atom is 0.364 e. The molecule has 0 spiro atoms. The van der Waals surface area contributed by atoms with Gasteiger partial charge in [-0.25, -0.2) is 4.79 Å². The zero-order valence-electron chi connectivity index (χ0n) is 56.2. The molecule has 3 rings (SSSR count). The Morgan fingerprint density at radius 1 is 0.565 bits per heavy atom. The fourth-order valence-electron chi connectivity index (χ4n) is 12.4. The Bertz CT molecular complexity index is 1960. The maximum absolute atomic E-state index is 13.5. The van der Waals surface area contributed by atoms with Crippen molar-refractivity contribution in [1.29, 1.82) is 0 Å². The fourth-order valence-corrected chi connectivity index (χ4v) is 12.4. The average Bonchev–Trinajstić information content (AvgIpc) is 0.767. The van der Waals surface area contributed by atoms with E-state index < -0.39 is 155 Å². The topological polar surface area (TPSA) is 373 Å². The molecule has 3 heterocycles. The molecule has 18 atom stereocenters. The molecule has 2 amide bonds. The standard InChI is InChI=1S/C69H126N2O21/c1-4-6-8-10-12-14-16-18-20-22-23-24-25-27-28-30-32-34-36-38-40-42-51(76)50(71-56(79)43-41-39-37-35-33-31-29-26-21-19-17-15-13-11-9-7-5-2)48-87-66-61(83)60(82)63(55(47-74)89-66)90-67-62(84)65(59(81)54(46-73)88-67)92-69(68(85)86)44-52(77)57(70-49(3)75)64(91-69)58(80)53(78)45-72/h19,21,40,42,50-55,57-67,72-74,76-78,80-84H,4-18,20,22-39,41,43-48H2,1-3H3,(H,70,75)(H,71,79)(H,85,86)/b21-19-,42-40+. The Labute approximate surface area is 549 Å². The van der Waals surface area contributed by atoms with Gasteiger partial charge in [-0.2, -0.15) is 0 Å². The summed E-state index contributed by atoms with van der Waals surface area (Å²) in [6.45, 7) is 2.14. The van der Waals surface area contributed by atoms with Gasteiger partial charge in [0.1, 0.15) is 67.1 Å². The van der Waals surface area contributed by atoms with Gasteiger partial charge in [0, 0.05) is 19.8 Å². The molecule has 0 saturated carbocycles. The molecule has 23 heteroatoms. The summed E-state index contributed by atoms with van der Waals surface area (Å²) < 4.78 is 34.8. The van der Waals surface area contributed by atoms with Gasteiger partial charge in [0.15, 0.2) is 12.6 Å². The van der Waals surface area contributed by atoms with E-state index in [4.69, 9.17) is 28.4 Å². The number of aliphatic carboxylic acids is 1. The molecule has 0 aliphatic carbocycles. The van der Waals surface area contributed by atoms with E-state index in [0.29, 0.717) is 12.8 Å². The Balaban J connectivity index is 1.60. The molecular formula is C69H126N2O21. The molecule has 18 unspecified atom stereocenters. The number of unbranched alkanes of at least 4 members (excludes halogenated alkanes) is 32. The number of carbonyl (C=O) groups is 3. The molecule has 0 bridgehead atoms. The van der Waals surface area contributed by atoms with Gasteiger partial charge in [0.25, 0.3) is 5.79 Å². The Morgan fingerprint density at radius 2 is 1.02 bits per heavy atom. The van der Waals surface area contributed by atoms with Crippen LogP contribution in [0.3, 0.4) is 0 Å². The Kier molecular flexibility index (Phi) is 45.1. The van der Waals surface area contributed by atoms with Crippen LogP contribution in [0.5, 0.6) is 0 Å². The van der Waals surface area contributed by atoms with Gasteiger partial charge in [0.2, 0.25) is 11.8 Å². The summed E-state index contributed by atoms with van der Waals surface area (Å²) in [7, 11) is 0. The van der Waals surface area contributed by atoms with Crippen molar-refractivity contribution in [2.45, 2.75) is 368 Å². The third-order valence-corrected chi connectivity index (χ3v) is 18.1. The van der Waals surface area contributed by atoms with Gasteiger partial charge < -0.3 is 100 Å². The minimum atomic E-state index is -3.08. The van der Waals surface area contributed by atoms with Crippen molar-refractivity contribution in [3.63, 3.8) is 0 Å². The maximum atomic E-state index is 13.5. The van der Waals surface area contributed by atoms with Crippen molar-refractivity contribution in [1.82, 2.24) is 10.6 Å². The number of carboxylic acid groups (broad SMARTS) is 1. The van der Waals surface area contributed by atoms with Crippen LogP contribution in [0.25, 0.3) is 0 Å². The molecule has 0 aromatic heterocycles. The van der Waals surface area contributed by atoms with E-state index in [1.54, 1.807) is 6.08 Å². The second-order valence-corrected chi connectivity index (χ2v) is 26.1. The van der Waals surface area contributed by atoms with Crippen LogP contribution in [-0.4, -0.2) is 215 Å². The first-order valence-electron chi connectivity index (χ1n) is 35.7. The summed E-state index contributed by atoms with van der Waals surface area (Å²) in [4.78, 5) is 38.5. The molecule has 0 radical (unpaired) electrons. The number of amides is 2. The van der Waals surface area contributed by atoms with Gasteiger partial charge in [-0.3, -0.25) is 9.59 Å². The first kappa shape index (κ1) is 83.4. The highest BCUT2D eigenvalue weighted by atomic mass is 16.8. The van der Waals surface area contributed by atoms with Crippen molar-refractivity contribution >= 4 is 17.8 Å². The number of aliphatic hydroxyl groups excluding tert-OH is 11. The molecule has 538 valence electrons. The number of carboxylic acids is 1. The molecule has 3 aliphatic rings. The minimum absolute atomic E-state index is 0.196. The summed E-state index contributed by atoms with van der Waals surface area (Å²) in [5, 5.41) is 136. The number of hydrogen-bond donors (Lipinski definition) is 14. The van der Waals surface area contributed by atoms with E-state index in [9.17, 15) is 75.7 Å². The molecule has 0 aromatic rings. The lowest BCUT2D eigenvalue weighted by Crippen LogP contribution is -2.70. The first-order valence-corrected chi connectivity index (χ1v) is 35.7. The van der Waals surface area contributed by atoms with Gasteiger partial charge in [-0.15, -0.1) is 0 Å². The van der Waals surface area contributed by atoms with E-state index >= 15 is 0 Å². The number of nitrogens with one attached hydrogen (secondary N) is 2. The average molecular weight is 1320 g/mol. The molecule has 0 aromatic carbocycles. The Morgan fingerprint density at radius 3 is 1.48 bits per heavy atom. The number of aliphatic hydroxyl groups is 11. The highest BCUT2D eigenvalue weighted by Gasteiger charge is 2.60. The normalized spacial score (nSPS) is 28.3. The molecule has 3 fully saturated rings. The van der Waals surface area contributed by atoms with E-state index in [0.717, 1.165) is 77.6 Å². The number of allylic oxidation sites excluding steroid dienone is 3. The van der Waals surface area contributed by atoms with Crippen molar-refractivity contribution in [2.75, 3.05) is 26.4 Å². The Hall–Kier alpha value is -2.79. The zero-order valence-corrected chi connectivity index (χ0v) is 56.2. The van der Waals surface area contributed by atoms with Crippen molar-refractivity contribution in [2.24, 2.45) is 0 Å². The third-order valence-electron chi connectivity index (χ3n) is 18.1. The van der Waals surface area contributed by atoms with Crippen LogP contribution < -0.4 is 10.6 Å². The van der Waals surface area contributed by atoms with Crippen LogP contribution in [0.2, 0.25) is 0 Å². The largest absolute Gasteiger partial charge is 0.477 e. The van der Waals surface area contributed by atoms with E-state index in [1.807, 2.05) is 6.08 Å². The molecule has 3 aliphatic heterocycles. The summed E-state index contributed by atoms with van der Waals surface area (Å²) in [5.41, 5.74) is 0. The lowest BCUT2D eigenvalue weighted by molar-refractivity contribution is -0.386.